The molecular formula is C12H17ClN2O3S. The Balaban J connectivity index is 2.55. The summed E-state index contributed by atoms with van der Waals surface area (Å²) in [5.41, 5.74) is 0.573. The van der Waals surface area contributed by atoms with Crippen LogP contribution in [0.2, 0.25) is 5.02 Å². The number of benzene rings is 1. The van der Waals surface area contributed by atoms with Gasteiger partial charge in [0.1, 0.15) is 0 Å². The van der Waals surface area contributed by atoms with E-state index in [1.54, 1.807) is 38.1 Å². The first-order valence-corrected chi connectivity index (χ1v) is 7.82. The minimum atomic E-state index is -3.55. The Kier molecular flexibility index (Phi) is 5.78. The summed E-state index contributed by atoms with van der Waals surface area (Å²) in [5.74, 6) is -0.563. The van der Waals surface area contributed by atoms with Gasteiger partial charge >= 0.3 is 0 Å². The van der Waals surface area contributed by atoms with Crippen molar-refractivity contribution in [2.45, 2.75) is 25.6 Å². The standard InChI is InChI=1S/C12H17ClN2O3S/c1-9(2)15-12(16)7-14-19(17,18)8-10-4-3-5-11(13)6-10/h3-6,9,14H,7-8H2,1-2H3,(H,15,16). The molecule has 0 saturated heterocycles. The number of rotatable bonds is 6. The fraction of sp³-hybridized carbons (Fsp3) is 0.417. The summed E-state index contributed by atoms with van der Waals surface area (Å²) in [6.45, 7) is 3.35. The molecule has 0 aliphatic carbocycles. The maximum Gasteiger partial charge on any atom is 0.235 e. The van der Waals surface area contributed by atoms with Crippen LogP contribution < -0.4 is 10.0 Å². The molecule has 5 nitrogen and oxygen atoms in total. The number of nitrogens with one attached hydrogen (secondary N) is 2. The maximum absolute atomic E-state index is 11.8. The summed E-state index contributed by atoms with van der Waals surface area (Å²) < 4.78 is 25.8. The van der Waals surface area contributed by atoms with Crippen LogP contribution in [0.5, 0.6) is 0 Å². The molecular weight excluding hydrogens is 288 g/mol. The first kappa shape index (κ1) is 15.9. The average molecular weight is 305 g/mol. The van der Waals surface area contributed by atoms with Crippen molar-refractivity contribution in [3.05, 3.63) is 34.9 Å². The Morgan fingerprint density at radius 1 is 1.37 bits per heavy atom. The maximum atomic E-state index is 11.8. The van der Waals surface area contributed by atoms with E-state index < -0.39 is 10.0 Å². The van der Waals surface area contributed by atoms with Crippen molar-refractivity contribution in [2.24, 2.45) is 0 Å². The molecule has 0 aromatic heterocycles. The third kappa shape index (κ3) is 6.56. The molecule has 0 fully saturated rings. The number of sulfonamides is 1. The summed E-state index contributed by atoms with van der Waals surface area (Å²) in [6.07, 6.45) is 0. The Labute approximate surface area is 118 Å². The first-order chi connectivity index (χ1) is 8.78. The van der Waals surface area contributed by atoms with Gasteiger partial charge in [0, 0.05) is 11.1 Å². The van der Waals surface area contributed by atoms with E-state index in [1.807, 2.05) is 0 Å². The monoisotopic (exact) mass is 304 g/mol. The Hall–Kier alpha value is -1.11. The van der Waals surface area contributed by atoms with Gasteiger partial charge in [-0.25, -0.2) is 13.1 Å². The zero-order valence-electron chi connectivity index (χ0n) is 10.8. The lowest BCUT2D eigenvalue weighted by atomic mass is 10.2. The molecule has 1 rings (SSSR count). The smallest absolute Gasteiger partial charge is 0.235 e. The topological polar surface area (TPSA) is 75.3 Å². The Morgan fingerprint density at radius 3 is 2.63 bits per heavy atom. The summed E-state index contributed by atoms with van der Waals surface area (Å²) >= 11 is 5.78. The molecule has 0 saturated carbocycles. The lowest BCUT2D eigenvalue weighted by molar-refractivity contribution is -0.120. The van der Waals surface area contributed by atoms with Gasteiger partial charge < -0.3 is 5.32 Å². The van der Waals surface area contributed by atoms with E-state index in [9.17, 15) is 13.2 Å². The van der Waals surface area contributed by atoms with Crippen molar-refractivity contribution in [3.8, 4) is 0 Å². The molecule has 0 bridgehead atoms. The van der Waals surface area contributed by atoms with E-state index in [4.69, 9.17) is 11.6 Å². The molecule has 0 aliphatic rings. The van der Waals surface area contributed by atoms with Crippen LogP contribution >= 0.6 is 11.6 Å². The molecule has 1 amide bonds. The molecule has 0 aliphatic heterocycles. The van der Waals surface area contributed by atoms with Crippen molar-refractivity contribution in [3.63, 3.8) is 0 Å². The first-order valence-electron chi connectivity index (χ1n) is 5.79. The Morgan fingerprint density at radius 2 is 2.05 bits per heavy atom. The second-order valence-electron chi connectivity index (χ2n) is 4.43. The third-order valence-electron chi connectivity index (χ3n) is 2.15. The highest BCUT2D eigenvalue weighted by molar-refractivity contribution is 7.88. The van der Waals surface area contributed by atoms with Gasteiger partial charge in [0.05, 0.1) is 12.3 Å². The van der Waals surface area contributed by atoms with Crippen LogP contribution in [0.15, 0.2) is 24.3 Å². The van der Waals surface area contributed by atoms with Gasteiger partial charge in [-0.2, -0.15) is 0 Å². The van der Waals surface area contributed by atoms with Crippen LogP contribution in [-0.4, -0.2) is 26.9 Å². The molecule has 0 heterocycles. The summed E-state index contributed by atoms with van der Waals surface area (Å²) in [4.78, 5) is 11.3. The molecule has 0 radical (unpaired) electrons. The van der Waals surface area contributed by atoms with E-state index in [0.717, 1.165) is 0 Å². The second-order valence-corrected chi connectivity index (χ2v) is 6.68. The molecule has 1 aromatic carbocycles. The number of carbonyl (C=O) groups excluding carboxylic acids is 1. The van der Waals surface area contributed by atoms with Gasteiger partial charge in [0.25, 0.3) is 0 Å². The lowest BCUT2D eigenvalue weighted by Crippen LogP contribution is -2.40. The summed E-state index contributed by atoms with van der Waals surface area (Å²) in [6, 6.07) is 6.57. The van der Waals surface area contributed by atoms with Crippen LogP contribution in [0.3, 0.4) is 0 Å². The van der Waals surface area contributed by atoms with Crippen LogP contribution in [0.1, 0.15) is 19.4 Å². The van der Waals surface area contributed by atoms with Gasteiger partial charge in [-0.15, -0.1) is 0 Å². The van der Waals surface area contributed by atoms with E-state index >= 15 is 0 Å². The highest BCUT2D eigenvalue weighted by Crippen LogP contribution is 2.12. The largest absolute Gasteiger partial charge is 0.353 e. The minimum absolute atomic E-state index is 0.0232. The van der Waals surface area contributed by atoms with E-state index in [1.165, 1.54) is 0 Å². The molecule has 1 aromatic rings. The number of hydrogen-bond acceptors (Lipinski definition) is 3. The average Bonchev–Trinajstić information content (AvgIpc) is 2.25. The zero-order chi connectivity index (χ0) is 14.5. The van der Waals surface area contributed by atoms with Gasteiger partial charge in [-0.05, 0) is 31.5 Å². The normalized spacial score (nSPS) is 11.6. The quantitative estimate of drug-likeness (QED) is 0.831. The fourth-order valence-electron chi connectivity index (χ4n) is 1.45. The highest BCUT2D eigenvalue weighted by Gasteiger charge is 2.13. The van der Waals surface area contributed by atoms with E-state index in [-0.39, 0.29) is 24.2 Å². The molecule has 0 unspecified atom stereocenters. The predicted molar refractivity (Wildman–Crippen MR) is 75.4 cm³/mol. The summed E-state index contributed by atoms with van der Waals surface area (Å²) in [5, 5.41) is 3.08. The molecule has 2 N–H and O–H groups in total. The van der Waals surface area contributed by atoms with Gasteiger partial charge in [-0.1, -0.05) is 23.7 Å². The van der Waals surface area contributed by atoms with Crippen LogP contribution in [0, 0.1) is 0 Å². The van der Waals surface area contributed by atoms with Crippen LogP contribution in [-0.2, 0) is 20.6 Å². The number of halogens is 1. The number of carbonyl (C=O) groups is 1. The van der Waals surface area contributed by atoms with Crippen molar-refractivity contribution < 1.29 is 13.2 Å². The van der Waals surface area contributed by atoms with Crippen molar-refractivity contribution in [1.82, 2.24) is 10.0 Å². The van der Waals surface area contributed by atoms with E-state index in [2.05, 4.69) is 10.0 Å². The molecule has 0 atom stereocenters. The molecule has 106 valence electrons. The number of hydrogen-bond donors (Lipinski definition) is 2. The molecule has 0 spiro atoms. The van der Waals surface area contributed by atoms with Gasteiger partial charge in [-0.3, -0.25) is 4.79 Å². The lowest BCUT2D eigenvalue weighted by Gasteiger charge is -2.10. The Bertz CT molecular complexity index is 544. The van der Waals surface area contributed by atoms with Crippen molar-refractivity contribution in [2.75, 3.05) is 6.54 Å². The van der Waals surface area contributed by atoms with Crippen LogP contribution in [0.4, 0.5) is 0 Å². The molecule has 7 heteroatoms. The minimum Gasteiger partial charge on any atom is -0.353 e. The molecule has 19 heavy (non-hydrogen) atoms. The van der Waals surface area contributed by atoms with Crippen molar-refractivity contribution >= 4 is 27.5 Å². The fourth-order valence-corrected chi connectivity index (χ4v) is 2.73. The third-order valence-corrected chi connectivity index (χ3v) is 3.68. The van der Waals surface area contributed by atoms with Crippen LogP contribution in [0.25, 0.3) is 0 Å². The summed E-state index contributed by atoms with van der Waals surface area (Å²) in [7, 11) is -3.55. The van der Waals surface area contributed by atoms with Gasteiger partial charge in [0.15, 0.2) is 0 Å². The van der Waals surface area contributed by atoms with E-state index in [0.29, 0.717) is 10.6 Å². The van der Waals surface area contributed by atoms with Gasteiger partial charge in [0.2, 0.25) is 15.9 Å². The SMILES string of the molecule is CC(C)NC(=O)CNS(=O)(=O)Cc1cccc(Cl)c1. The predicted octanol–water partition coefficient (Wildman–Crippen LogP) is 1.28. The highest BCUT2D eigenvalue weighted by atomic mass is 35.5. The second kappa shape index (κ2) is 6.88. The zero-order valence-corrected chi connectivity index (χ0v) is 12.4. The number of amides is 1. The van der Waals surface area contributed by atoms with Crippen molar-refractivity contribution in [1.29, 1.82) is 0 Å².